The molecule has 2 rings (SSSR count). The summed E-state index contributed by atoms with van der Waals surface area (Å²) in [5.74, 6) is -3.34. The van der Waals surface area contributed by atoms with Crippen LogP contribution in [0.5, 0.6) is 5.75 Å². The number of amides is 3. The summed E-state index contributed by atoms with van der Waals surface area (Å²) >= 11 is 0. The van der Waals surface area contributed by atoms with Crippen molar-refractivity contribution in [3.05, 3.63) is 29.8 Å². The molecule has 0 aliphatic carbocycles. The quantitative estimate of drug-likeness (QED) is 0.0760. The van der Waals surface area contributed by atoms with Crippen LogP contribution in [0.25, 0.3) is 0 Å². The maximum absolute atomic E-state index is 12.9. The van der Waals surface area contributed by atoms with Crippen LogP contribution in [0.1, 0.15) is 31.2 Å². The Morgan fingerprint density at radius 1 is 1.11 bits per heavy atom. The Morgan fingerprint density at radius 2 is 1.78 bits per heavy atom. The van der Waals surface area contributed by atoms with Gasteiger partial charge in [0, 0.05) is 19.5 Å². The summed E-state index contributed by atoms with van der Waals surface area (Å²) in [6.45, 7) is -0.166. The number of nitrogens with two attached hydrogens (primary N) is 3. The average Bonchev–Trinajstić information content (AvgIpc) is 3.35. The third-order valence-electron chi connectivity index (χ3n) is 5.93. The zero-order valence-electron chi connectivity index (χ0n) is 20.4. The molecular formula is C23H35N7O7. The predicted molar refractivity (Wildman–Crippen MR) is 133 cm³/mol. The van der Waals surface area contributed by atoms with E-state index in [2.05, 4.69) is 15.6 Å². The van der Waals surface area contributed by atoms with Gasteiger partial charge in [0.15, 0.2) is 5.96 Å². The van der Waals surface area contributed by atoms with Crippen molar-refractivity contribution in [1.82, 2.24) is 15.5 Å². The Balaban J connectivity index is 1.97. The van der Waals surface area contributed by atoms with Crippen molar-refractivity contribution in [2.24, 2.45) is 22.2 Å². The summed E-state index contributed by atoms with van der Waals surface area (Å²) in [6, 6.07) is 1.28. The van der Waals surface area contributed by atoms with E-state index in [9.17, 15) is 34.5 Å². The molecule has 0 spiro atoms. The van der Waals surface area contributed by atoms with Gasteiger partial charge in [-0.1, -0.05) is 12.1 Å². The average molecular weight is 522 g/mol. The normalized spacial score (nSPS) is 17.4. The Morgan fingerprint density at radius 3 is 2.38 bits per heavy atom. The van der Waals surface area contributed by atoms with Gasteiger partial charge >= 0.3 is 5.97 Å². The van der Waals surface area contributed by atoms with E-state index in [1.165, 1.54) is 29.2 Å². The molecule has 1 aliphatic rings. The van der Waals surface area contributed by atoms with Crippen molar-refractivity contribution >= 4 is 29.7 Å². The van der Waals surface area contributed by atoms with Crippen molar-refractivity contribution in [2.45, 2.75) is 56.3 Å². The highest BCUT2D eigenvalue weighted by Gasteiger charge is 2.37. The molecule has 37 heavy (non-hydrogen) atoms. The van der Waals surface area contributed by atoms with E-state index in [0.29, 0.717) is 44.3 Å². The summed E-state index contributed by atoms with van der Waals surface area (Å²) in [4.78, 5) is 55.3. The summed E-state index contributed by atoms with van der Waals surface area (Å²) < 4.78 is 0. The summed E-state index contributed by atoms with van der Waals surface area (Å²) in [7, 11) is 0. The molecule has 1 aromatic carbocycles. The monoisotopic (exact) mass is 521 g/mol. The third kappa shape index (κ3) is 8.91. The Labute approximate surface area is 213 Å². The number of aromatic hydroxyl groups is 1. The zero-order valence-corrected chi connectivity index (χ0v) is 20.4. The second-order valence-corrected chi connectivity index (χ2v) is 8.76. The van der Waals surface area contributed by atoms with Crippen LogP contribution in [-0.2, 0) is 25.6 Å². The lowest BCUT2D eigenvalue weighted by molar-refractivity contribution is -0.143. The molecule has 1 fully saturated rings. The fourth-order valence-electron chi connectivity index (χ4n) is 3.96. The molecule has 0 radical (unpaired) electrons. The van der Waals surface area contributed by atoms with E-state index in [1.54, 1.807) is 0 Å². The SMILES string of the molecule is NC(N)=NCCCC(N)C(=O)N1CCCC1C(=O)NC(CO)C(=O)NC(Cc1ccc(O)cc1)C(=O)O. The van der Waals surface area contributed by atoms with Gasteiger partial charge in [0.1, 0.15) is 23.9 Å². The molecule has 204 valence electrons. The highest BCUT2D eigenvalue weighted by Crippen LogP contribution is 2.19. The molecule has 1 heterocycles. The first-order chi connectivity index (χ1) is 17.5. The summed E-state index contributed by atoms with van der Waals surface area (Å²) in [6.07, 6.45) is 1.58. The van der Waals surface area contributed by atoms with Gasteiger partial charge in [0.2, 0.25) is 17.7 Å². The Hall–Kier alpha value is -3.91. The van der Waals surface area contributed by atoms with Crippen LogP contribution in [0.15, 0.2) is 29.3 Å². The van der Waals surface area contributed by atoms with E-state index in [4.69, 9.17) is 17.2 Å². The summed E-state index contributed by atoms with van der Waals surface area (Å²) in [5, 5.41) is 33.3. The maximum atomic E-state index is 12.9. The Bertz CT molecular complexity index is 982. The number of benzene rings is 1. The van der Waals surface area contributed by atoms with Crippen LogP contribution in [0, 0.1) is 0 Å². The number of guanidine groups is 1. The molecule has 11 N–H and O–H groups in total. The number of rotatable bonds is 13. The van der Waals surface area contributed by atoms with Crippen molar-refractivity contribution in [3.63, 3.8) is 0 Å². The van der Waals surface area contributed by atoms with Gasteiger partial charge in [-0.3, -0.25) is 19.4 Å². The molecule has 14 nitrogen and oxygen atoms in total. The van der Waals surface area contributed by atoms with Gasteiger partial charge in [0.25, 0.3) is 0 Å². The number of nitrogens with zero attached hydrogens (tertiary/aromatic N) is 2. The molecule has 1 aliphatic heterocycles. The molecule has 1 saturated heterocycles. The molecule has 0 bridgehead atoms. The van der Waals surface area contributed by atoms with Crippen LogP contribution in [0.3, 0.4) is 0 Å². The minimum absolute atomic E-state index is 0.00838. The highest BCUT2D eigenvalue weighted by molar-refractivity contribution is 5.94. The van der Waals surface area contributed by atoms with Crippen LogP contribution in [0.2, 0.25) is 0 Å². The molecule has 4 unspecified atom stereocenters. The zero-order chi connectivity index (χ0) is 27.5. The fourth-order valence-corrected chi connectivity index (χ4v) is 3.96. The van der Waals surface area contributed by atoms with Crippen molar-refractivity contribution in [2.75, 3.05) is 19.7 Å². The van der Waals surface area contributed by atoms with Gasteiger partial charge in [0.05, 0.1) is 12.6 Å². The number of carbonyl (C=O) groups is 4. The molecule has 4 atom stereocenters. The second kappa shape index (κ2) is 14.0. The van der Waals surface area contributed by atoms with Crippen LogP contribution < -0.4 is 27.8 Å². The number of carboxylic acid groups (broad SMARTS) is 1. The number of likely N-dealkylation sites (tertiary alicyclic amines) is 1. The topological polar surface area (TPSA) is 247 Å². The number of aliphatic hydroxyl groups excluding tert-OH is 1. The molecule has 1 aromatic rings. The van der Waals surface area contributed by atoms with Gasteiger partial charge < -0.3 is 48.1 Å². The lowest BCUT2D eigenvalue weighted by atomic mass is 10.1. The number of aliphatic imine (C=N–C) groups is 1. The minimum Gasteiger partial charge on any atom is -0.508 e. The number of carboxylic acids is 1. The molecular weight excluding hydrogens is 486 g/mol. The van der Waals surface area contributed by atoms with Crippen LogP contribution >= 0.6 is 0 Å². The summed E-state index contributed by atoms with van der Waals surface area (Å²) in [5.41, 5.74) is 17.1. The second-order valence-electron chi connectivity index (χ2n) is 8.76. The van der Waals surface area contributed by atoms with Gasteiger partial charge in [-0.25, -0.2) is 4.79 Å². The number of aliphatic hydroxyl groups is 1. The number of hydrogen-bond acceptors (Lipinski definition) is 8. The number of nitrogens with one attached hydrogen (secondary N) is 2. The van der Waals surface area contributed by atoms with Gasteiger partial charge in [-0.05, 0) is 43.4 Å². The van der Waals surface area contributed by atoms with Crippen molar-refractivity contribution in [3.8, 4) is 5.75 Å². The molecule has 0 aromatic heterocycles. The molecule has 3 amide bonds. The first kappa shape index (κ1) is 29.3. The smallest absolute Gasteiger partial charge is 0.326 e. The van der Waals surface area contributed by atoms with Gasteiger partial charge in [-0.2, -0.15) is 0 Å². The van der Waals surface area contributed by atoms with E-state index in [-0.39, 0.29) is 18.1 Å². The van der Waals surface area contributed by atoms with Crippen molar-refractivity contribution in [1.29, 1.82) is 0 Å². The number of aliphatic carboxylic acids is 1. The highest BCUT2D eigenvalue weighted by atomic mass is 16.4. The first-order valence-corrected chi connectivity index (χ1v) is 11.9. The predicted octanol–water partition coefficient (Wildman–Crippen LogP) is -2.65. The lowest BCUT2D eigenvalue weighted by Gasteiger charge is -2.28. The minimum atomic E-state index is -1.43. The number of carbonyl (C=O) groups excluding carboxylic acids is 3. The number of hydrogen-bond donors (Lipinski definition) is 8. The van der Waals surface area contributed by atoms with E-state index >= 15 is 0 Å². The van der Waals surface area contributed by atoms with Crippen LogP contribution in [-0.4, -0.2) is 93.7 Å². The molecule has 14 heteroatoms. The fraction of sp³-hybridized carbons (Fsp3) is 0.522. The lowest BCUT2D eigenvalue weighted by Crippen LogP contribution is -2.57. The van der Waals surface area contributed by atoms with Crippen molar-refractivity contribution < 1.29 is 34.5 Å². The largest absolute Gasteiger partial charge is 0.508 e. The number of phenolic OH excluding ortho intramolecular Hbond substituents is 1. The van der Waals surface area contributed by atoms with E-state index < -0.39 is 54.5 Å². The van der Waals surface area contributed by atoms with Gasteiger partial charge in [-0.15, -0.1) is 0 Å². The molecule has 0 saturated carbocycles. The van der Waals surface area contributed by atoms with E-state index in [1.807, 2.05) is 0 Å². The van der Waals surface area contributed by atoms with Crippen LogP contribution in [0.4, 0.5) is 0 Å². The first-order valence-electron chi connectivity index (χ1n) is 11.9. The number of phenols is 1. The van der Waals surface area contributed by atoms with E-state index in [0.717, 1.165) is 0 Å². The standard InChI is InChI=1S/C23H35N7O7/c24-15(3-1-9-27-23(25)26)21(35)30-10-2-4-18(30)20(34)29-17(12-31)19(33)28-16(22(36)37)11-13-5-7-14(32)8-6-13/h5-8,15-18,31-32H,1-4,9-12,24H2,(H,28,33)(H,29,34)(H,36,37)(H4,25,26,27). The maximum Gasteiger partial charge on any atom is 0.326 e. The third-order valence-corrected chi connectivity index (χ3v) is 5.93. The Kier molecular flexibility index (Phi) is 11.1.